The number of carbonyl (C=O) groups excluding carboxylic acids is 2. The Morgan fingerprint density at radius 1 is 1.06 bits per heavy atom. The highest BCUT2D eigenvalue weighted by Gasteiger charge is 2.28. The van der Waals surface area contributed by atoms with Crippen LogP contribution in [0.25, 0.3) is 16.5 Å². The van der Waals surface area contributed by atoms with Crippen LogP contribution in [-0.2, 0) is 27.2 Å². The number of nitrogens with one attached hydrogen (secondary N) is 3. The van der Waals surface area contributed by atoms with Crippen LogP contribution in [0.3, 0.4) is 0 Å². The molecule has 6 nitrogen and oxygen atoms in total. The maximum atomic E-state index is 13.1. The highest BCUT2D eigenvalue weighted by molar-refractivity contribution is 5.90. The van der Waals surface area contributed by atoms with Crippen LogP contribution in [0.15, 0.2) is 60.8 Å². The van der Waals surface area contributed by atoms with Crippen LogP contribution in [0.4, 0.5) is 0 Å². The monoisotopic (exact) mass is 417 g/mol. The van der Waals surface area contributed by atoms with Crippen LogP contribution in [-0.4, -0.2) is 43.1 Å². The van der Waals surface area contributed by atoms with Crippen molar-refractivity contribution in [2.24, 2.45) is 0 Å². The van der Waals surface area contributed by atoms with E-state index in [2.05, 4.69) is 33.8 Å². The number of ether oxygens (including phenoxy) is 1. The first kappa shape index (κ1) is 20.9. The number of aromatic nitrogens is 1. The van der Waals surface area contributed by atoms with Crippen LogP contribution in [0.1, 0.15) is 23.1 Å². The Morgan fingerprint density at radius 2 is 1.84 bits per heavy atom. The Labute approximate surface area is 181 Å². The lowest BCUT2D eigenvalue weighted by atomic mass is 9.99. The van der Waals surface area contributed by atoms with Crippen molar-refractivity contribution in [3.8, 4) is 0 Å². The van der Waals surface area contributed by atoms with Crippen LogP contribution in [0.5, 0.6) is 0 Å². The zero-order chi connectivity index (χ0) is 21.8. The molecule has 2 unspecified atom stereocenters. The fraction of sp³-hybridized carbons (Fsp3) is 0.280. The van der Waals surface area contributed by atoms with Crippen LogP contribution >= 0.6 is 0 Å². The summed E-state index contributed by atoms with van der Waals surface area (Å²) in [5.74, 6) is -0.671. The number of rotatable bonds is 8. The van der Waals surface area contributed by atoms with Crippen LogP contribution in [0, 0.1) is 0 Å². The molecule has 1 aliphatic carbocycles. The lowest BCUT2D eigenvalue weighted by Gasteiger charge is -2.22. The lowest BCUT2D eigenvalue weighted by Crippen LogP contribution is -2.50. The number of aromatic amines is 1. The average Bonchev–Trinajstić information content (AvgIpc) is 3.40. The fourth-order valence-corrected chi connectivity index (χ4v) is 4.22. The molecule has 4 rings (SSSR count). The number of benzene rings is 2. The second-order valence-electron chi connectivity index (χ2n) is 7.78. The third-order valence-corrected chi connectivity index (χ3v) is 5.92. The topological polar surface area (TPSA) is 83.2 Å². The molecule has 0 fully saturated rings. The predicted molar refractivity (Wildman–Crippen MR) is 122 cm³/mol. The minimum absolute atomic E-state index is 0.227. The van der Waals surface area contributed by atoms with Gasteiger partial charge < -0.3 is 20.4 Å². The Bertz CT molecular complexity index is 1130. The highest BCUT2D eigenvalue weighted by atomic mass is 16.5. The largest absolute Gasteiger partial charge is 0.467 e. The Balaban J connectivity index is 1.48. The molecule has 0 saturated heterocycles. The summed E-state index contributed by atoms with van der Waals surface area (Å²) in [6, 6.07) is 14.9. The summed E-state index contributed by atoms with van der Waals surface area (Å²) in [5.41, 5.74) is 5.51. The number of allylic oxidation sites excluding steroid dienone is 1. The van der Waals surface area contributed by atoms with Crippen molar-refractivity contribution in [2.75, 3.05) is 14.2 Å². The molecular formula is C25H27N3O3. The molecule has 1 heterocycles. The zero-order valence-electron chi connectivity index (χ0n) is 17.8. The molecule has 2 aromatic carbocycles. The van der Waals surface area contributed by atoms with Gasteiger partial charge in [-0.2, -0.15) is 0 Å². The van der Waals surface area contributed by atoms with Crippen molar-refractivity contribution in [1.82, 2.24) is 15.6 Å². The molecule has 3 N–H and O–H groups in total. The number of amides is 1. The first-order valence-corrected chi connectivity index (χ1v) is 10.5. The van der Waals surface area contributed by atoms with E-state index in [9.17, 15) is 9.59 Å². The standard InChI is InChI=1S/C25H27N3O3/c1-26-22(14-18-15-27-21-10-6-5-9-20(18)21)24(29)28-23(25(30)31-2)13-17-12-11-16-7-3-4-8-19(16)17/h3-10,12,15,22-23,26-27H,11,13-14H2,1-2H3,(H,28,29). The first-order valence-electron chi connectivity index (χ1n) is 10.5. The van der Waals surface area contributed by atoms with Gasteiger partial charge in [-0.25, -0.2) is 4.79 Å². The summed E-state index contributed by atoms with van der Waals surface area (Å²) in [7, 11) is 3.10. The minimum Gasteiger partial charge on any atom is -0.467 e. The maximum Gasteiger partial charge on any atom is 0.328 e. The van der Waals surface area contributed by atoms with Gasteiger partial charge in [0.05, 0.1) is 13.2 Å². The van der Waals surface area contributed by atoms with Crippen LogP contribution < -0.4 is 10.6 Å². The molecule has 0 aliphatic heterocycles. The van der Waals surface area contributed by atoms with Gasteiger partial charge in [0.2, 0.25) is 5.91 Å². The van der Waals surface area contributed by atoms with Gasteiger partial charge in [-0.05, 0) is 48.2 Å². The first-order chi connectivity index (χ1) is 15.1. The fourth-order valence-electron chi connectivity index (χ4n) is 4.22. The lowest BCUT2D eigenvalue weighted by molar-refractivity contribution is -0.145. The number of H-pyrrole nitrogens is 1. The van der Waals surface area contributed by atoms with Gasteiger partial charge in [-0.1, -0.05) is 48.5 Å². The number of carbonyl (C=O) groups is 2. The molecule has 3 aromatic rings. The van der Waals surface area contributed by atoms with Crippen molar-refractivity contribution < 1.29 is 14.3 Å². The molecule has 0 radical (unpaired) electrons. The zero-order valence-corrected chi connectivity index (χ0v) is 17.8. The van der Waals surface area contributed by atoms with Crippen LogP contribution in [0.2, 0.25) is 0 Å². The molecule has 31 heavy (non-hydrogen) atoms. The molecule has 0 spiro atoms. The van der Waals surface area contributed by atoms with Crippen molar-refractivity contribution in [3.05, 3.63) is 77.5 Å². The third-order valence-electron chi connectivity index (χ3n) is 5.92. The van der Waals surface area contributed by atoms with Crippen molar-refractivity contribution in [2.45, 2.75) is 31.3 Å². The summed E-state index contributed by atoms with van der Waals surface area (Å²) in [6.45, 7) is 0. The summed E-state index contributed by atoms with van der Waals surface area (Å²) < 4.78 is 4.98. The van der Waals surface area contributed by atoms with E-state index in [4.69, 9.17) is 4.74 Å². The Hall–Kier alpha value is -3.38. The van der Waals surface area contributed by atoms with Crippen molar-refractivity contribution in [1.29, 1.82) is 0 Å². The quantitative estimate of drug-likeness (QED) is 0.492. The molecule has 0 bridgehead atoms. The van der Waals surface area contributed by atoms with Gasteiger partial charge in [0.1, 0.15) is 6.04 Å². The molecule has 2 atom stereocenters. The number of hydrogen-bond acceptors (Lipinski definition) is 4. The van der Waals surface area contributed by atoms with Gasteiger partial charge in [0, 0.05) is 23.5 Å². The predicted octanol–water partition coefficient (Wildman–Crippen LogP) is 2.99. The number of para-hydroxylation sites is 1. The molecule has 1 aliphatic rings. The van der Waals surface area contributed by atoms with Gasteiger partial charge in [-0.3, -0.25) is 4.79 Å². The molecule has 6 heteroatoms. The van der Waals surface area contributed by atoms with Crippen molar-refractivity contribution >= 4 is 28.4 Å². The van der Waals surface area contributed by atoms with E-state index >= 15 is 0 Å². The van der Waals surface area contributed by atoms with E-state index in [0.29, 0.717) is 12.8 Å². The Morgan fingerprint density at radius 3 is 2.65 bits per heavy atom. The van der Waals surface area contributed by atoms with E-state index in [-0.39, 0.29) is 5.91 Å². The van der Waals surface area contributed by atoms with Crippen molar-refractivity contribution in [3.63, 3.8) is 0 Å². The molecular weight excluding hydrogens is 390 g/mol. The summed E-state index contributed by atoms with van der Waals surface area (Å²) >= 11 is 0. The number of likely N-dealkylation sites (N-methyl/N-ethyl adjacent to an activating group) is 1. The Kier molecular flexibility index (Phi) is 6.18. The van der Waals surface area contributed by atoms with Gasteiger partial charge in [0.25, 0.3) is 0 Å². The number of esters is 1. The smallest absolute Gasteiger partial charge is 0.328 e. The van der Waals surface area contributed by atoms with E-state index in [1.54, 1.807) is 7.05 Å². The minimum atomic E-state index is -0.742. The second-order valence-corrected chi connectivity index (χ2v) is 7.78. The van der Waals surface area contributed by atoms with Gasteiger partial charge >= 0.3 is 5.97 Å². The number of hydrogen-bond donors (Lipinski definition) is 3. The normalized spacial score (nSPS) is 14.6. The SMILES string of the molecule is CNC(Cc1c[nH]c2ccccc12)C(=O)NC(CC1=CCc2ccccc21)C(=O)OC. The van der Waals surface area contributed by atoms with E-state index in [1.807, 2.05) is 42.6 Å². The molecule has 1 aromatic heterocycles. The highest BCUT2D eigenvalue weighted by Crippen LogP contribution is 2.30. The summed E-state index contributed by atoms with van der Waals surface area (Å²) in [6.07, 6.45) is 5.80. The second kappa shape index (κ2) is 9.18. The molecule has 1 amide bonds. The summed E-state index contributed by atoms with van der Waals surface area (Å²) in [4.78, 5) is 28.8. The van der Waals surface area contributed by atoms with E-state index < -0.39 is 18.1 Å². The maximum absolute atomic E-state index is 13.1. The third kappa shape index (κ3) is 4.39. The average molecular weight is 418 g/mol. The van der Waals surface area contributed by atoms with Gasteiger partial charge in [0.15, 0.2) is 0 Å². The molecule has 0 saturated carbocycles. The number of methoxy groups -OCH3 is 1. The summed E-state index contributed by atoms with van der Waals surface area (Å²) in [5, 5.41) is 7.08. The molecule has 160 valence electrons. The van der Waals surface area contributed by atoms with E-state index in [0.717, 1.165) is 34.0 Å². The van der Waals surface area contributed by atoms with E-state index in [1.165, 1.54) is 12.7 Å². The van der Waals surface area contributed by atoms with Gasteiger partial charge in [-0.15, -0.1) is 0 Å². The number of fused-ring (bicyclic) bond motifs is 2.